The topological polar surface area (TPSA) is 54.5 Å². The lowest BCUT2D eigenvalue weighted by Crippen LogP contribution is -2.42. The van der Waals surface area contributed by atoms with Gasteiger partial charge in [0.1, 0.15) is 0 Å². The second kappa shape index (κ2) is 5.69. The number of hydrogen-bond acceptors (Lipinski definition) is 3. The van der Waals surface area contributed by atoms with Gasteiger partial charge in [0.15, 0.2) is 9.84 Å². The van der Waals surface area contributed by atoms with Crippen molar-refractivity contribution in [2.75, 3.05) is 6.26 Å². The van der Waals surface area contributed by atoms with Crippen molar-refractivity contribution >= 4 is 15.7 Å². The summed E-state index contributed by atoms with van der Waals surface area (Å²) in [6.07, 6.45) is 6.98. The summed E-state index contributed by atoms with van der Waals surface area (Å²) in [5.74, 6) is 0.596. The Kier molecular flexibility index (Phi) is 4.02. The number of carbonyl (C=O) groups is 1. The number of hydrogen-bond donors (Lipinski definition) is 0. The van der Waals surface area contributed by atoms with Crippen LogP contribution in [0.1, 0.15) is 49.4 Å². The number of amides is 1. The van der Waals surface area contributed by atoms with Gasteiger partial charge in [-0.1, -0.05) is 18.9 Å². The lowest BCUT2D eigenvalue weighted by atomic mass is 9.85. The van der Waals surface area contributed by atoms with E-state index in [1.807, 2.05) is 4.90 Å². The van der Waals surface area contributed by atoms with Crippen molar-refractivity contribution in [3.8, 4) is 0 Å². The van der Waals surface area contributed by atoms with Gasteiger partial charge in [0.2, 0.25) is 0 Å². The summed E-state index contributed by atoms with van der Waals surface area (Å²) in [5, 5.41) is 0. The second-order valence-electron chi connectivity index (χ2n) is 6.71. The molecule has 0 bridgehead atoms. The maximum Gasteiger partial charge on any atom is 0.254 e. The average Bonchev–Trinajstić information content (AvgIpc) is 2.81. The third kappa shape index (κ3) is 2.78. The molecular weight excluding hydrogens is 298 g/mol. The highest BCUT2D eigenvalue weighted by Gasteiger charge is 2.42. The second-order valence-corrected chi connectivity index (χ2v) is 8.72. The Labute approximate surface area is 132 Å². The summed E-state index contributed by atoms with van der Waals surface area (Å²) in [7, 11) is -3.29. The molecule has 0 aromatic heterocycles. The van der Waals surface area contributed by atoms with Gasteiger partial charge in [0.05, 0.1) is 4.90 Å². The molecule has 120 valence electrons. The average molecular weight is 321 g/mol. The van der Waals surface area contributed by atoms with Gasteiger partial charge in [-0.2, -0.15) is 0 Å². The van der Waals surface area contributed by atoms with Crippen LogP contribution < -0.4 is 0 Å². The Hall–Kier alpha value is -1.36. The summed E-state index contributed by atoms with van der Waals surface area (Å²) in [6, 6.07) is 7.01. The molecule has 5 heteroatoms. The molecular formula is C17H23NO3S. The van der Waals surface area contributed by atoms with Gasteiger partial charge in [0.25, 0.3) is 5.91 Å². The fourth-order valence-corrected chi connectivity index (χ4v) is 4.73. The zero-order valence-corrected chi connectivity index (χ0v) is 14.0. The molecule has 1 saturated carbocycles. The molecule has 1 aliphatic carbocycles. The Morgan fingerprint density at radius 1 is 1.23 bits per heavy atom. The molecule has 1 amide bonds. The molecule has 0 N–H and O–H groups in total. The van der Waals surface area contributed by atoms with Crippen LogP contribution in [0.15, 0.2) is 29.2 Å². The molecule has 3 rings (SSSR count). The standard InChI is InChI=1S/C17H23NO3S/c1-12-10-13-6-3-4-9-16(13)18(12)17(19)14-7-5-8-15(11-14)22(2,20)21/h5,7-8,11-13,16H,3-4,6,9-10H2,1-2H3. The first-order valence-electron chi connectivity index (χ1n) is 8.00. The lowest BCUT2D eigenvalue weighted by Gasteiger charge is -2.33. The first-order valence-corrected chi connectivity index (χ1v) is 9.90. The van der Waals surface area contributed by atoms with Crippen molar-refractivity contribution in [2.24, 2.45) is 5.92 Å². The number of fused-ring (bicyclic) bond motifs is 1. The minimum absolute atomic E-state index is 0.0209. The molecule has 1 saturated heterocycles. The van der Waals surface area contributed by atoms with Gasteiger partial charge >= 0.3 is 0 Å². The van der Waals surface area contributed by atoms with E-state index < -0.39 is 9.84 Å². The largest absolute Gasteiger partial charge is 0.333 e. The number of sulfone groups is 1. The summed E-state index contributed by atoms with van der Waals surface area (Å²) in [4.78, 5) is 15.1. The summed E-state index contributed by atoms with van der Waals surface area (Å²) < 4.78 is 23.4. The summed E-state index contributed by atoms with van der Waals surface area (Å²) >= 11 is 0. The van der Waals surface area contributed by atoms with Crippen molar-refractivity contribution < 1.29 is 13.2 Å². The SMILES string of the molecule is CC1CC2CCCCC2N1C(=O)c1cccc(S(C)(=O)=O)c1. The van der Waals surface area contributed by atoms with Crippen molar-refractivity contribution in [2.45, 2.75) is 56.0 Å². The zero-order valence-electron chi connectivity index (χ0n) is 13.2. The molecule has 1 aromatic carbocycles. The van der Waals surface area contributed by atoms with Crippen molar-refractivity contribution in [3.63, 3.8) is 0 Å². The number of nitrogens with zero attached hydrogens (tertiary/aromatic N) is 1. The highest BCUT2D eigenvalue weighted by atomic mass is 32.2. The predicted octanol–water partition coefficient (Wildman–Crippen LogP) is 2.88. The van der Waals surface area contributed by atoms with Crippen LogP contribution in [0.5, 0.6) is 0 Å². The van der Waals surface area contributed by atoms with E-state index in [0.717, 1.165) is 12.8 Å². The molecule has 0 spiro atoms. The number of benzene rings is 1. The van der Waals surface area contributed by atoms with E-state index in [1.54, 1.807) is 18.2 Å². The fraction of sp³-hybridized carbons (Fsp3) is 0.588. The highest BCUT2D eigenvalue weighted by molar-refractivity contribution is 7.90. The lowest BCUT2D eigenvalue weighted by molar-refractivity contribution is 0.0633. The van der Waals surface area contributed by atoms with Crippen molar-refractivity contribution in [1.29, 1.82) is 0 Å². The van der Waals surface area contributed by atoms with Crippen LogP contribution in [-0.2, 0) is 9.84 Å². The summed E-state index contributed by atoms with van der Waals surface area (Å²) in [5.41, 5.74) is 0.487. The van der Waals surface area contributed by atoms with Gasteiger partial charge in [-0.05, 0) is 50.3 Å². The van der Waals surface area contributed by atoms with E-state index in [9.17, 15) is 13.2 Å². The molecule has 3 unspecified atom stereocenters. The first-order chi connectivity index (χ1) is 10.4. The monoisotopic (exact) mass is 321 g/mol. The molecule has 3 atom stereocenters. The molecule has 2 fully saturated rings. The van der Waals surface area contributed by atoms with Crippen LogP contribution >= 0.6 is 0 Å². The van der Waals surface area contributed by atoms with Crippen LogP contribution in [0.3, 0.4) is 0 Å². The number of carbonyl (C=O) groups excluding carboxylic acids is 1. The third-order valence-corrected chi connectivity index (χ3v) is 6.20. The first kappa shape index (κ1) is 15.5. The number of likely N-dealkylation sites (tertiary alicyclic amines) is 1. The molecule has 0 radical (unpaired) electrons. The minimum atomic E-state index is -3.29. The van der Waals surface area contributed by atoms with E-state index in [0.29, 0.717) is 17.5 Å². The Morgan fingerprint density at radius 3 is 2.68 bits per heavy atom. The van der Waals surface area contributed by atoms with Crippen LogP contribution in [0, 0.1) is 5.92 Å². The van der Waals surface area contributed by atoms with E-state index >= 15 is 0 Å². The molecule has 1 aliphatic heterocycles. The van der Waals surface area contributed by atoms with E-state index in [1.165, 1.54) is 31.6 Å². The van der Waals surface area contributed by atoms with Crippen LogP contribution in [0.2, 0.25) is 0 Å². The Bertz CT molecular complexity index is 683. The third-order valence-electron chi connectivity index (χ3n) is 5.09. The Morgan fingerprint density at radius 2 is 1.95 bits per heavy atom. The molecule has 1 aromatic rings. The van der Waals surface area contributed by atoms with Crippen LogP contribution in [-0.4, -0.2) is 37.6 Å². The predicted molar refractivity (Wildman–Crippen MR) is 85.5 cm³/mol. The summed E-state index contributed by atoms with van der Waals surface area (Å²) in [6.45, 7) is 2.11. The smallest absolute Gasteiger partial charge is 0.254 e. The Balaban J connectivity index is 1.90. The van der Waals surface area contributed by atoms with Crippen molar-refractivity contribution in [1.82, 2.24) is 4.90 Å². The zero-order chi connectivity index (χ0) is 15.9. The molecule has 22 heavy (non-hydrogen) atoms. The quantitative estimate of drug-likeness (QED) is 0.841. The molecule has 2 aliphatic rings. The maximum absolute atomic E-state index is 12.9. The van der Waals surface area contributed by atoms with Gasteiger partial charge in [-0.25, -0.2) is 8.42 Å². The maximum atomic E-state index is 12.9. The van der Waals surface area contributed by atoms with Crippen LogP contribution in [0.25, 0.3) is 0 Å². The van der Waals surface area contributed by atoms with Gasteiger partial charge in [0, 0.05) is 23.9 Å². The number of rotatable bonds is 2. The normalized spacial score (nSPS) is 28.5. The van der Waals surface area contributed by atoms with E-state index in [-0.39, 0.29) is 16.8 Å². The fourth-order valence-electron chi connectivity index (χ4n) is 4.07. The van der Waals surface area contributed by atoms with Gasteiger partial charge in [-0.15, -0.1) is 0 Å². The minimum Gasteiger partial charge on any atom is -0.333 e. The van der Waals surface area contributed by atoms with Crippen molar-refractivity contribution in [3.05, 3.63) is 29.8 Å². The highest BCUT2D eigenvalue weighted by Crippen LogP contribution is 2.40. The van der Waals surface area contributed by atoms with E-state index in [4.69, 9.17) is 0 Å². The van der Waals surface area contributed by atoms with E-state index in [2.05, 4.69) is 6.92 Å². The van der Waals surface area contributed by atoms with Gasteiger partial charge < -0.3 is 4.90 Å². The molecule has 4 nitrogen and oxygen atoms in total. The molecule has 1 heterocycles. The van der Waals surface area contributed by atoms with Gasteiger partial charge in [-0.3, -0.25) is 4.79 Å². The van der Waals surface area contributed by atoms with Crippen LogP contribution in [0.4, 0.5) is 0 Å².